The third kappa shape index (κ3) is 5.56. The molecular formula is C26H33N2O4P. The lowest BCUT2D eigenvalue weighted by Gasteiger charge is -2.36. The molecule has 2 N–H and O–H groups in total. The van der Waals surface area contributed by atoms with E-state index < -0.39 is 11.4 Å². The molecule has 0 saturated carbocycles. The Bertz CT molecular complexity index is 1030. The Kier molecular flexibility index (Phi) is 7.06. The summed E-state index contributed by atoms with van der Waals surface area (Å²) in [6.45, 7) is 8.56. The molecule has 7 heteroatoms. The van der Waals surface area contributed by atoms with Crippen LogP contribution in [0.4, 0.5) is 0 Å². The Morgan fingerprint density at radius 3 is 2.52 bits per heavy atom. The maximum absolute atomic E-state index is 11.4. The van der Waals surface area contributed by atoms with Gasteiger partial charge in [-0.1, -0.05) is 55.4 Å². The van der Waals surface area contributed by atoms with Crippen LogP contribution in [0, 0.1) is 11.3 Å². The van der Waals surface area contributed by atoms with Gasteiger partial charge in [-0.3, -0.25) is 9.69 Å². The Morgan fingerprint density at radius 2 is 1.91 bits per heavy atom. The van der Waals surface area contributed by atoms with E-state index in [-0.39, 0.29) is 5.85 Å². The molecule has 1 fully saturated rings. The van der Waals surface area contributed by atoms with E-state index in [1.54, 1.807) is 0 Å². The largest absolute Gasteiger partial charge is 0.508 e. The molecular weight excluding hydrogens is 435 g/mol. The Balaban J connectivity index is 1.33. The first-order valence-electron chi connectivity index (χ1n) is 11.6. The molecule has 2 unspecified atom stereocenters. The fourth-order valence-corrected chi connectivity index (χ4v) is 5.50. The zero-order valence-corrected chi connectivity index (χ0v) is 20.5. The summed E-state index contributed by atoms with van der Waals surface area (Å²) in [5.74, 6) is -0.0274. The summed E-state index contributed by atoms with van der Waals surface area (Å²) in [7, 11) is 0.379. The van der Waals surface area contributed by atoms with Crippen molar-refractivity contribution < 1.29 is 19.8 Å². The molecule has 0 spiro atoms. The first-order chi connectivity index (χ1) is 15.7. The average molecular weight is 469 g/mol. The summed E-state index contributed by atoms with van der Waals surface area (Å²) in [6, 6.07) is 14.2. The monoisotopic (exact) mass is 468 g/mol. The molecule has 33 heavy (non-hydrogen) atoms. The number of aromatic hydroxyl groups is 1. The number of aliphatic carboxylic acids is 1. The Hall–Kier alpha value is -2.43. The molecule has 2 aliphatic rings. The maximum Gasteiger partial charge on any atom is 0.309 e. The molecule has 0 amide bonds. The summed E-state index contributed by atoms with van der Waals surface area (Å²) in [5, 5.41) is 24.1. The quantitative estimate of drug-likeness (QED) is 0.536. The number of carboxylic acid groups (broad SMARTS) is 1. The number of phenols is 1. The Labute approximate surface area is 197 Å². The predicted molar refractivity (Wildman–Crippen MR) is 132 cm³/mol. The first-order valence-corrected chi connectivity index (χ1v) is 12.7. The summed E-state index contributed by atoms with van der Waals surface area (Å²) < 4.78 is 0. The number of phenolic OH excluding ortho intramolecular Hbond substituents is 1. The second kappa shape index (κ2) is 9.82. The topological polar surface area (TPSA) is 82.4 Å². The number of likely N-dealkylation sites (tertiary alicyclic amines) is 1. The van der Waals surface area contributed by atoms with Crippen LogP contribution >= 0.6 is 8.58 Å². The summed E-state index contributed by atoms with van der Waals surface area (Å²) in [5.41, 5.74) is 4.53. The number of oxime groups is 1. The minimum absolute atomic E-state index is 0.157. The highest BCUT2D eigenvalue weighted by atomic mass is 31.1. The van der Waals surface area contributed by atoms with Crippen molar-refractivity contribution >= 4 is 20.0 Å². The number of rotatable bonds is 7. The smallest absolute Gasteiger partial charge is 0.309 e. The van der Waals surface area contributed by atoms with Gasteiger partial charge in [0.15, 0.2) is 5.85 Å². The van der Waals surface area contributed by atoms with Crippen molar-refractivity contribution in [1.82, 2.24) is 4.90 Å². The van der Waals surface area contributed by atoms with Gasteiger partial charge < -0.3 is 15.1 Å². The molecule has 1 saturated heterocycles. The lowest BCUT2D eigenvalue weighted by molar-refractivity contribution is -0.150. The zero-order valence-electron chi connectivity index (χ0n) is 19.5. The number of nitrogens with zero attached hydrogens (tertiary/aromatic N) is 2. The van der Waals surface area contributed by atoms with Gasteiger partial charge in [0.2, 0.25) is 0 Å². The van der Waals surface area contributed by atoms with Gasteiger partial charge in [0.05, 0.1) is 5.41 Å². The first kappa shape index (κ1) is 23.7. The van der Waals surface area contributed by atoms with Crippen LogP contribution in [-0.2, 0) is 22.6 Å². The second-order valence-electron chi connectivity index (χ2n) is 9.89. The molecule has 0 aliphatic carbocycles. The van der Waals surface area contributed by atoms with Gasteiger partial charge in [-0.15, -0.1) is 0 Å². The van der Waals surface area contributed by atoms with Crippen molar-refractivity contribution in [1.29, 1.82) is 0 Å². The maximum atomic E-state index is 11.4. The SMILES string of the molecule is CC(C)Cc1ccc(C2ON=C(c3ccc(CN4CCC(C)(C(=O)O)CC4)cc3)P2)cc1O. The van der Waals surface area contributed by atoms with Crippen LogP contribution in [0.5, 0.6) is 5.75 Å². The van der Waals surface area contributed by atoms with Crippen molar-refractivity contribution in [2.24, 2.45) is 16.5 Å². The highest BCUT2D eigenvalue weighted by Gasteiger charge is 2.36. The number of piperidine rings is 1. The number of carbonyl (C=O) groups is 1. The minimum atomic E-state index is -0.688. The fourth-order valence-electron chi connectivity index (χ4n) is 4.36. The van der Waals surface area contributed by atoms with Crippen LogP contribution < -0.4 is 0 Å². The average Bonchev–Trinajstić information content (AvgIpc) is 3.27. The van der Waals surface area contributed by atoms with Crippen molar-refractivity contribution in [3.63, 3.8) is 0 Å². The molecule has 2 atom stereocenters. The van der Waals surface area contributed by atoms with E-state index in [1.807, 2.05) is 25.1 Å². The number of hydrogen-bond acceptors (Lipinski definition) is 5. The van der Waals surface area contributed by atoms with Gasteiger partial charge in [-0.2, -0.15) is 0 Å². The highest BCUT2D eigenvalue weighted by Crippen LogP contribution is 2.45. The van der Waals surface area contributed by atoms with E-state index in [9.17, 15) is 15.0 Å². The van der Waals surface area contributed by atoms with Crippen molar-refractivity contribution in [2.75, 3.05) is 13.1 Å². The van der Waals surface area contributed by atoms with E-state index in [0.29, 0.717) is 33.1 Å². The van der Waals surface area contributed by atoms with Crippen LogP contribution in [0.2, 0.25) is 0 Å². The predicted octanol–water partition coefficient (Wildman–Crippen LogP) is 5.35. The summed E-state index contributed by atoms with van der Waals surface area (Å²) in [4.78, 5) is 19.5. The molecule has 2 heterocycles. The normalized spacial score (nSPS) is 21.2. The fraction of sp³-hybridized carbons (Fsp3) is 0.462. The highest BCUT2D eigenvalue weighted by molar-refractivity contribution is 7.59. The minimum Gasteiger partial charge on any atom is -0.508 e. The molecule has 0 aromatic heterocycles. The van der Waals surface area contributed by atoms with Crippen LogP contribution in [0.3, 0.4) is 0 Å². The van der Waals surface area contributed by atoms with E-state index >= 15 is 0 Å². The lowest BCUT2D eigenvalue weighted by atomic mass is 9.80. The van der Waals surface area contributed by atoms with Gasteiger partial charge in [0.25, 0.3) is 0 Å². The van der Waals surface area contributed by atoms with Gasteiger partial charge in [-0.25, -0.2) is 0 Å². The van der Waals surface area contributed by atoms with Crippen molar-refractivity contribution in [3.05, 3.63) is 64.7 Å². The molecule has 2 aliphatic heterocycles. The third-order valence-electron chi connectivity index (χ3n) is 6.67. The van der Waals surface area contributed by atoms with E-state index in [0.717, 1.165) is 48.2 Å². The van der Waals surface area contributed by atoms with Gasteiger partial charge in [0, 0.05) is 17.7 Å². The molecule has 176 valence electrons. The Morgan fingerprint density at radius 1 is 1.21 bits per heavy atom. The number of hydrogen-bond donors (Lipinski definition) is 2. The van der Waals surface area contributed by atoms with E-state index in [2.05, 4.69) is 48.2 Å². The molecule has 0 radical (unpaired) electrons. The van der Waals surface area contributed by atoms with Crippen molar-refractivity contribution in [2.45, 2.75) is 52.4 Å². The standard InChI is InChI=1S/C26H33N2O4P/c1-17(2)14-20-8-9-21(15-22(20)29)24-32-27-23(33-24)19-6-4-18(5-7-19)16-28-12-10-26(3,11-13-28)25(30)31/h4-9,15,17,24,29,33H,10-14,16H2,1-3H3,(H,30,31). The lowest BCUT2D eigenvalue weighted by Crippen LogP contribution is -2.42. The summed E-state index contributed by atoms with van der Waals surface area (Å²) >= 11 is 0. The van der Waals surface area contributed by atoms with Crippen LogP contribution in [0.1, 0.15) is 61.7 Å². The van der Waals surface area contributed by atoms with E-state index in [1.165, 1.54) is 5.56 Å². The molecule has 2 aromatic carbocycles. The number of benzene rings is 2. The number of carboxylic acids is 1. The molecule has 2 aromatic rings. The van der Waals surface area contributed by atoms with Gasteiger partial charge in [-0.05, 0) is 71.0 Å². The third-order valence-corrected chi connectivity index (χ3v) is 8.02. The molecule has 6 nitrogen and oxygen atoms in total. The van der Waals surface area contributed by atoms with Gasteiger partial charge >= 0.3 is 5.97 Å². The summed E-state index contributed by atoms with van der Waals surface area (Å²) in [6.07, 6.45) is 2.22. The van der Waals surface area contributed by atoms with Crippen LogP contribution in [0.15, 0.2) is 47.6 Å². The molecule has 4 rings (SSSR count). The van der Waals surface area contributed by atoms with E-state index in [4.69, 9.17) is 4.84 Å². The van der Waals surface area contributed by atoms with Crippen LogP contribution in [0.25, 0.3) is 0 Å². The zero-order chi connectivity index (χ0) is 23.6. The van der Waals surface area contributed by atoms with Crippen molar-refractivity contribution in [3.8, 4) is 5.75 Å². The molecule has 0 bridgehead atoms. The van der Waals surface area contributed by atoms with Gasteiger partial charge in [0.1, 0.15) is 11.2 Å². The second-order valence-corrected chi connectivity index (χ2v) is 11.2. The van der Waals surface area contributed by atoms with Crippen LogP contribution in [-0.4, -0.2) is 39.6 Å².